The zero-order valence-corrected chi connectivity index (χ0v) is 14.9. The summed E-state index contributed by atoms with van der Waals surface area (Å²) < 4.78 is 7.74. The molecule has 0 amide bonds. The van der Waals surface area contributed by atoms with Gasteiger partial charge in [0.05, 0.1) is 23.9 Å². The van der Waals surface area contributed by atoms with Gasteiger partial charge in [-0.3, -0.25) is 4.40 Å². The first-order chi connectivity index (χ1) is 11.5. The zero-order valence-electron chi connectivity index (χ0n) is 14.1. The normalized spacial score (nSPS) is 10.8. The molecule has 122 valence electrons. The Bertz CT molecular complexity index is 942. The number of hydrogen-bond donors (Lipinski definition) is 0. The Morgan fingerprint density at radius 3 is 2.67 bits per heavy atom. The van der Waals surface area contributed by atoms with Gasteiger partial charge in [-0.25, -0.2) is 4.98 Å². The van der Waals surface area contributed by atoms with Crippen LogP contribution in [-0.2, 0) is 6.42 Å². The number of aryl methyl sites for hydroxylation is 2. The molecule has 2 aromatic heterocycles. The maximum atomic E-state index is 9.22. The van der Waals surface area contributed by atoms with Crippen LogP contribution in [0.4, 0.5) is 0 Å². The largest absolute Gasteiger partial charge is 0.489 e. The van der Waals surface area contributed by atoms with Crippen LogP contribution in [0.3, 0.4) is 0 Å². The second kappa shape index (κ2) is 6.50. The number of thiazole rings is 1. The fourth-order valence-corrected chi connectivity index (χ4v) is 3.59. The van der Waals surface area contributed by atoms with E-state index >= 15 is 0 Å². The summed E-state index contributed by atoms with van der Waals surface area (Å²) in [7, 11) is 0. The predicted octanol–water partition coefficient (Wildman–Crippen LogP) is 4.70. The Morgan fingerprint density at radius 1 is 1.33 bits per heavy atom. The van der Waals surface area contributed by atoms with Gasteiger partial charge in [-0.1, -0.05) is 6.58 Å². The molecule has 0 saturated carbocycles. The maximum absolute atomic E-state index is 9.22. The van der Waals surface area contributed by atoms with Crippen LogP contribution in [0.25, 0.3) is 16.2 Å². The molecule has 2 heterocycles. The van der Waals surface area contributed by atoms with E-state index in [1.807, 2.05) is 31.2 Å². The first-order valence-corrected chi connectivity index (χ1v) is 8.54. The number of fused-ring (bicyclic) bond motifs is 1. The average molecular weight is 337 g/mol. The van der Waals surface area contributed by atoms with Gasteiger partial charge in [-0.05, 0) is 50.6 Å². The molecule has 0 radical (unpaired) electrons. The van der Waals surface area contributed by atoms with Gasteiger partial charge in [0.2, 0.25) is 0 Å². The van der Waals surface area contributed by atoms with Crippen molar-refractivity contribution < 1.29 is 4.74 Å². The van der Waals surface area contributed by atoms with Gasteiger partial charge in [0, 0.05) is 16.1 Å². The van der Waals surface area contributed by atoms with Crippen LogP contribution in [-0.4, -0.2) is 16.0 Å². The molecule has 0 unspecified atom stereocenters. The summed E-state index contributed by atoms with van der Waals surface area (Å²) in [6, 6.07) is 10.1. The number of nitrogens with zero attached hydrogens (tertiary/aromatic N) is 3. The first kappa shape index (κ1) is 16.3. The van der Waals surface area contributed by atoms with Crippen molar-refractivity contribution in [1.82, 2.24) is 9.38 Å². The molecule has 0 fully saturated rings. The van der Waals surface area contributed by atoms with Crippen molar-refractivity contribution in [3.8, 4) is 23.1 Å². The molecule has 0 aliphatic heterocycles. The summed E-state index contributed by atoms with van der Waals surface area (Å²) in [4.78, 5) is 6.93. The maximum Gasteiger partial charge on any atom is 0.194 e. The fourth-order valence-electron chi connectivity index (χ4n) is 2.60. The average Bonchev–Trinajstić information content (AvgIpc) is 3.04. The highest BCUT2D eigenvalue weighted by Gasteiger charge is 2.18. The summed E-state index contributed by atoms with van der Waals surface area (Å²) in [6.07, 6.45) is 0.335. The number of ether oxygens (including phenoxy) is 1. The molecule has 0 aliphatic carbocycles. The molecular formula is C19H19N3OS. The summed E-state index contributed by atoms with van der Waals surface area (Å²) in [5.41, 5.74) is 4.95. The third kappa shape index (κ3) is 2.93. The minimum Gasteiger partial charge on any atom is -0.489 e. The van der Waals surface area contributed by atoms with E-state index in [-0.39, 0.29) is 0 Å². The van der Waals surface area contributed by atoms with Gasteiger partial charge < -0.3 is 4.74 Å². The van der Waals surface area contributed by atoms with Gasteiger partial charge in [-0.2, -0.15) is 5.26 Å². The Balaban J connectivity index is 2.01. The highest BCUT2D eigenvalue weighted by Crippen LogP contribution is 2.31. The molecule has 4 nitrogen and oxygen atoms in total. The van der Waals surface area contributed by atoms with Crippen LogP contribution in [0.15, 0.2) is 36.4 Å². The molecule has 0 atom stereocenters. The fraction of sp³-hybridized carbons (Fsp3) is 0.263. The summed E-state index contributed by atoms with van der Waals surface area (Å²) in [5.74, 6) is 0.802. The Morgan fingerprint density at radius 2 is 2.04 bits per heavy atom. The molecule has 0 aliphatic rings. The van der Waals surface area contributed by atoms with E-state index in [2.05, 4.69) is 30.9 Å². The molecule has 0 bridgehead atoms. The van der Waals surface area contributed by atoms with Crippen molar-refractivity contribution in [2.75, 3.05) is 6.61 Å². The minimum atomic E-state index is 0.335. The Hall–Kier alpha value is -2.58. The van der Waals surface area contributed by atoms with Gasteiger partial charge >= 0.3 is 0 Å². The Labute approximate surface area is 145 Å². The lowest BCUT2D eigenvalue weighted by Gasteiger charge is -2.07. The molecule has 1 aromatic carbocycles. The van der Waals surface area contributed by atoms with Gasteiger partial charge in [0.1, 0.15) is 12.4 Å². The molecular weight excluding hydrogens is 318 g/mol. The summed E-state index contributed by atoms with van der Waals surface area (Å²) in [5, 5.41) is 9.22. The second-order valence-electron chi connectivity index (χ2n) is 5.87. The molecule has 3 aromatic rings. The second-order valence-corrected chi connectivity index (χ2v) is 7.06. The molecule has 0 saturated heterocycles. The molecule has 5 heteroatoms. The lowest BCUT2D eigenvalue weighted by atomic mass is 10.1. The number of aromatic nitrogens is 2. The van der Waals surface area contributed by atoms with E-state index in [4.69, 9.17) is 9.72 Å². The molecule has 0 spiro atoms. The van der Waals surface area contributed by atoms with Gasteiger partial charge in [0.25, 0.3) is 0 Å². The third-order valence-electron chi connectivity index (χ3n) is 3.89. The first-order valence-electron chi connectivity index (χ1n) is 7.73. The lowest BCUT2D eigenvalue weighted by Crippen LogP contribution is -1.98. The van der Waals surface area contributed by atoms with Crippen molar-refractivity contribution in [3.05, 3.63) is 52.7 Å². The van der Waals surface area contributed by atoms with E-state index in [1.165, 1.54) is 4.88 Å². The third-order valence-corrected chi connectivity index (χ3v) is 4.95. The monoisotopic (exact) mass is 337 g/mol. The number of rotatable bonds is 5. The van der Waals surface area contributed by atoms with Crippen LogP contribution in [0.5, 0.6) is 5.75 Å². The number of hydrogen-bond acceptors (Lipinski definition) is 4. The van der Waals surface area contributed by atoms with Crippen molar-refractivity contribution in [2.24, 2.45) is 0 Å². The standard InChI is InChI=1S/C19H19N3OS/c1-12(2)11-23-16-7-5-15(6-8-16)18-17(9-10-20)22-13(3)14(4)24-19(22)21-18/h5-8H,1,9,11H2,2-4H3. The molecule has 24 heavy (non-hydrogen) atoms. The SMILES string of the molecule is C=C(C)COc1ccc(-c2nc3sc(C)c(C)n3c2CC#N)cc1. The van der Waals surface area contributed by atoms with Crippen molar-refractivity contribution >= 4 is 16.3 Å². The highest BCUT2D eigenvalue weighted by atomic mass is 32.1. The van der Waals surface area contributed by atoms with Gasteiger partial charge in [-0.15, -0.1) is 11.3 Å². The number of nitriles is 1. The Kier molecular flexibility index (Phi) is 4.41. The summed E-state index contributed by atoms with van der Waals surface area (Å²) in [6.45, 7) is 10.4. The smallest absolute Gasteiger partial charge is 0.194 e. The van der Waals surface area contributed by atoms with Crippen molar-refractivity contribution in [3.63, 3.8) is 0 Å². The minimum absolute atomic E-state index is 0.335. The van der Waals surface area contributed by atoms with E-state index in [0.717, 1.165) is 38.9 Å². The molecule has 0 N–H and O–H groups in total. The van der Waals surface area contributed by atoms with Crippen LogP contribution >= 0.6 is 11.3 Å². The van der Waals surface area contributed by atoms with E-state index in [1.54, 1.807) is 11.3 Å². The van der Waals surface area contributed by atoms with E-state index in [0.29, 0.717) is 13.0 Å². The number of imidazole rings is 1. The predicted molar refractivity (Wildman–Crippen MR) is 97.6 cm³/mol. The topological polar surface area (TPSA) is 50.3 Å². The number of benzene rings is 1. The van der Waals surface area contributed by atoms with Crippen molar-refractivity contribution in [1.29, 1.82) is 5.26 Å². The van der Waals surface area contributed by atoms with Crippen LogP contribution in [0, 0.1) is 25.2 Å². The van der Waals surface area contributed by atoms with Gasteiger partial charge in [0.15, 0.2) is 4.96 Å². The highest BCUT2D eigenvalue weighted by molar-refractivity contribution is 7.17. The van der Waals surface area contributed by atoms with Crippen LogP contribution < -0.4 is 4.74 Å². The van der Waals surface area contributed by atoms with Crippen LogP contribution in [0.2, 0.25) is 0 Å². The van der Waals surface area contributed by atoms with E-state index in [9.17, 15) is 5.26 Å². The van der Waals surface area contributed by atoms with Crippen molar-refractivity contribution in [2.45, 2.75) is 27.2 Å². The molecule has 3 rings (SSSR count). The van der Waals surface area contributed by atoms with E-state index < -0.39 is 0 Å². The lowest BCUT2D eigenvalue weighted by molar-refractivity contribution is 0.353. The zero-order chi connectivity index (χ0) is 17.3. The quantitative estimate of drug-likeness (QED) is 0.634. The summed E-state index contributed by atoms with van der Waals surface area (Å²) >= 11 is 1.66. The van der Waals surface area contributed by atoms with Crippen LogP contribution in [0.1, 0.15) is 23.2 Å².